The van der Waals surface area contributed by atoms with Crippen LogP contribution in [0.5, 0.6) is 0 Å². The summed E-state index contributed by atoms with van der Waals surface area (Å²) in [7, 11) is 4.00. The third kappa shape index (κ3) is 6.51. The smallest absolute Gasteiger partial charge is 0.232 e. The van der Waals surface area contributed by atoms with Gasteiger partial charge in [-0.25, -0.2) is 9.98 Å². The van der Waals surface area contributed by atoms with Crippen LogP contribution in [0.3, 0.4) is 0 Å². The lowest BCUT2D eigenvalue weighted by molar-refractivity contribution is -0.165. The molecule has 1 atom stereocenters. The normalized spacial score (nSPS) is 17.1. The molecule has 0 bridgehead atoms. The van der Waals surface area contributed by atoms with Crippen molar-refractivity contribution < 1.29 is 14.7 Å². The van der Waals surface area contributed by atoms with E-state index in [0.29, 0.717) is 13.0 Å². The van der Waals surface area contributed by atoms with Crippen LogP contribution >= 0.6 is 0 Å². The highest BCUT2D eigenvalue weighted by molar-refractivity contribution is 6.02. The first-order chi connectivity index (χ1) is 11.4. The Bertz CT molecular complexity index is 470. The van der Waals surface area contributed by atoms with Crippen molar-refractivity contribution in [3.8, 4) is 0 Å². The first-order valence-corrected chi connectivity index (χ1v) is 8.71. The van der Waals surface area contributed by atoms with Gasteiger partial charge in [0, 0.05) is 12.8 Å². The van der Waals surface area contributed by atoms with Gasteiger partial charge < -0.3 is 10.0 Å². The summed E-state index contributed by atoms with van der Waals surface area (Å²) in [6.45, 7) is 3.54. The molecule has 1 fully saturated rings. The second-order valence-corrected chi connectivity index (χ2v) is 6.52. The number of amides is 2. The summed E-state index contributed by atoms with van der Waals surface area (Å²) >= 11 is 0. The Hall–Kier alpha value is -1.56. The number of imide groups is 1. The van der Waals surface area contributed by atoms with Gasteiger partial charge in [0.2, 0.25) is 11.8 Å². The number of nitrogens with zero attached hydrogens (tertiary/aromatic N) is 4. The highest BCUT2D eigenvalue weighted by atomic mass is 16.3. The van der Waals surface area contributed by atoms with Crippen molar-refractivity contribution in [3.05, 3.63) is 0 Å². The SMILES string of the molecule is CCCCCC(O)(CN=C=NCCCN(C)C)N1C(=O)CCC1=O. The van der Waals surface area contributed by atoms with Crippen LogP contribution in [0.4, 0.5) is 0 Å². The van der Waals surface area contributed by atoms with Crippen LogP contribution in [0.15, 0.2) is 9.98 Å². The molecule has 2 amide bonds. The number of hydrogen-bond acceptors (Lipinski definition) is 6. The third-order valence-electron chi connectivity index (χ3n) is 4.00. The minimum Gasteiger partial charge on any atom is -0.368 e. The Morgan fingerprint density at radius 3 is 2.42 bits per heavy atom. The second kappa shape index (κ2) is 10.3. The summed E-state index contributed by atoms with van der Waals surface area (Å²) in [4.78, 5) is 35.1. The third-order valence-corrected chi connectivity index (χ3v) is 4.00. The molecule has 1 saturated heterocycles. The van der Waals surface area contributed by atoms with E-state index in [4.69, 9.17) is 0 Å². The second-order valence-electron chi connectivity index (χ2n) is 6.52. The van der Waals surface area contributed by atoms with Crippen LogP contribution in [0.2, 0.25) is 0 Å². The van der Waals surface area contributed by atoms with Crippen molar-refractivity contribution in [2.75, 3.05) is 33.7 Å². The molecule has 7 nitrogen and oxygen atoms in total. The van der Waals surface area contributed by atoms with Gasteiger partial charge in [0.15, 0.2) is 5.72 Å². The van der Waals surface area contributed by atoms with Crippen LogP contribution in [-0.4, -0.2) is 72.2 Å². The number of aliphatic hydroxyl groups is 1. The molecular formula is C17H30N4O3. The molecule has 0 radical (unpaired) electrons. The summed E-state index contributed by atoms with van der Waals surface area (Å²) in [5.41, 5.74) is -1.55. The largest absolute Gasteiger partial charge is 0.368 e. The van der Waals surface area contributed by atoms with Gasteiger partial charge >= 0.3 is 0 Å². The summed E-state index contributed by atoms with van der Waals surface area (Å²) in [6, 6.07) is 2.58. The zero-order valence-corrected chi connectivity index (χ0v) is 15.1. The van der Waals surface area contributed by atoms with Crippen molar-refractivity contribution in [3.63, 3.8) is 0 Å². The number of carbonyl (C=O) groups excluding carboxylic acids is 2. The number of carbonyl (C=O) groups is 2. The van der Waals surface area contributed by atoms with E-state index in [2.05, 4.69) is 27.8 Å². The molecule has 1 heterocycles. The van der Waals surface area contributed by atoms with Crippen LogP contribution < -0.4 is 0 Å². The number of hydrogen-bond donors (Lipinski definition) is 1. The molecular weight excluding hydrogens is 308 g/mol. The Labute approximate surface area is 144 Å². The lowest BCUT2D eigenvalue weighted by atomic mass is 10.0. The quantitative estimate of drug-likeness (QED) is 0.352. The van der Waals surface area contributed by atoms with Crippen molar-refractivity contribution >= 4 is 17.8 Å². The molecule has 1 aliphatic heterocycles. The molecule has 0 aliphatic carbocycles. The van der Waals surface area contributed by atoms with Crippen LogP contribution in [0.1, 0.15) is 51.9 Å². The van der Waals surface area contributed by atoms with Gasteiger partial charge in [-0.1, -0.05) is 19.8 Å². The molecule has 7 heteroatoms. The fourth-order valence-electron chi connectivity index (χ4n) is 2.69. The minimum absolute atomic E-state index is 0.0641. The van der Waals surface area contributed by atoms with E-state index in [9.17, 15) is 14.7 Å². The van der Waals surface area contributed by atoms with E-state index in [0.717, 1.165) is 37.1 Å². The molecule has 0 aromatic heterocycles. The summed E-state index contributed by atoms with van der Waals surface area (Å²) in [6.07, 6.45) is 4.23. The standard InChI is InChI=1S/C17H30N4O3/c1-4-5-6-10-17(24,21-15(22)8-9-16(21)23)13-19-14-18-11-7-12-20(2)3/h24H,4-13H2,1-3H3. The molecule has 1 rings (SSSR count). The molecule has 136 valence electrons. The van der Waals surface area contributed by atoms with Crippen molar-refractivity contribution in [2.45, 2.75) is 57.6 Å². The average molecular weight is 338 g/mol. The predicted molar refractivity (Wildman–Crippen MR) is 92.9 cm³/mol. The topological polar surface area (TPSA) is 85.6 Å². The van der Waals surface area contributed by atoms with Gasteiger partial charge in [0.25, 0.3) is 0 Å². The highest BCUT2D eigenvalue weighted by Crippen LogP contribution is 2.27. The molecule has 0 saturated carbocycles. The molecule has 1 N–H and O–H groups in total. The maximum atomic E-state index is 12.0. The van der Waals surface area contributed by atoms with E-state index < -0.39 is 5.72 Å². The Balaban J connectivity index is 2.66. The fraction of sp³-hybridized carbons (Fsp3) is 0.824. The molecule has 24 heavy (non-hydrogen) atoms. The van der Waals surface area contributed by atoms with Gasteiger partial charge in [-0.2, -0.15) is 0 Å². The van der Waals surface area contributed by atoms with Crippen LogP contribution in [-0.2, 0) is 9.59 Å². The lowest BCUT2D eigenvalue weighted by Gasteiger charge is -2.34. The first-order valence-electron chi connectivity index (χ1n) is 8.71. The average Bonchev–Trinajstić information content (AvgIpc) is 2.86. The molecule has 0 aromatic rings. The van der Waals surface area contributed by atoms with Gasteiger partial charge in [-0.05, 0) is 39.9 Å². The lowest BCUT2D eigenvalue weighted by Crippen LogP contribution is -2.53. The maximum Gasteiger partial charge on any atom is 0.232 e. The van der Waals surface area contributed by atoms with Gasteiger partial charge in [-0.15, -0.1) is 0 Å². The number of aliphatic imine (C=N–C) groups is 2. The highest BCUT2D eigenvalue weighted by Gasteiger charge is 2.44. The van der Waals surface area contributed by atoms with Gasteiger partial charge in [0.05, 0.1) is 19.1 Å². The van der Waals surface area contributed by atoms with Gasteiger partial charge in [-0.3, -0.25) is 14.5 Å². The summed E-state index contributed by atoms with van der Waals surface area (Å²) in [5.74, 6) is -0.644. The summed E-state index contributed by atoms with van der Waals surface area (Å²) < 4.78 is 0. The van der Waals surface area contributed by atoms with Gasteiger partial charge in [0.1, 0.15) is 0 Å². The minimum atomic E-state index is -1.55. The van der Waals surface area contributed by atoms with Crippen LogP contribution in [0, 0.1) is 0 Å². The monoisotopic (exact) mass is 338 g/mol. The van der Waals surface area contributed by atoms with E-state index in [1.54, 1.807) is 0 Å². The zero-order chi connectivity index (χ0) is 18.0. The first kappa shape index (κ1) is 20.5. The van der Waals surface area contributed by atoms with E-state index in [1.165, 1.54) is 0 Å². The van der Waals surface area contributed by atoms with Crippen molar-refractivity contribution in [2.24, 2.45) is 9.98 Å². The molecule has 1 unspecified atom stereocenters. The van der Waals surface area contributed by atoms with E-state index in [-0.39, 0.29) is 31.2 Å². The number of rotatable bonds is 11. The number of likely N-dealkylation sites (tertiary alicyclic amines) is 1. The Morgan fingerprint density at radius 2 is 1.83 bits per heavy atom. The maximum absolute atomic E-state index is 12.0. The van der Waals surface area contributed by atoms with E-state index >= 15 is 0 Å². The Morgan fingerprint density at radius 1 is 1.17 bits per heavy atom. The summed E-state index contributed by atoms with van der Waals surface area (Å²) in [5, 5.41) is 10.9. The number of unbranched alkanes of at least 4 members (excludes halogenated alkanes) is 2. The fourth-order valence-corrected chi connectivity index (χ4v) is 2.69. The molecule has 0 spiro atoms. The van der Waals surface area contributed by atoms with Crippen molar-refractivity contribution in [1.29, 1.82) is 0 Å². The van der Waals surface area contributed by atoms with Crippen molar-refractivity contribution in [1.82, 2.24) is 9.80 Å². The predicted octanol–water partition coefficient (Wildman–Crippen LogP) is 1.53. The van der Waals surface area contributed by atoms with E-state index in [1.807, 2.05) is 14.1 Å². The van der Waals surface area contributed by atoms with Crippen LogP contribution in [0.25, 0.3) is 0 Å². The Kier molecular flexibility index (Phi) is 8.82. The molecule has 0 aromatic carbocycles. The zero-order valence-electron chi connectivity index (χ0n) is 15.1. The molecule has 1 aliphatic rings.